The zero-order valence-electron chi connectivity index (χ0n) is 21.4. The summed E-state index contributed by atoms with van der Waals surface area (Å²) in [5.74, 6) is -1.83. The smallest absolute Gasteiger partial charge is 0.303 e. The second kappa shape index (κ2) is 12.9. The van der Waals surface area contributed by atoms with Gasteiger partial charge in [-0.3, -0.25) is 4.79 Å². The fourth-order valence-electron chi connectivity index (χ4n) is 4.96. The van der Waals surface area contributed by atoms with Gasteiger partial charge < -0.3 is 25.1 Å². The third-order valence-corrected chi connectivity index (χ3v) is 7.23. The van der Waals surface area contributed by atoms with Crippen LogP contribution in [0.25, 0.3) is 0 Å². The van der Waals surface area contributed by atoms with Gasteiger partial charge in [0.1, 0.15) is 0 Å². The van der Waals surface area contributed by atoms with Gasteiger partial charge in [0.05, 0.1) is 0 Å². The van der Waals surface area contributed by atoms with Crippen molar-refractivity contribution in [3.63, 3.8) is 0 Å². The molecule has 1 fully saturated rings. The number of rotatable bonds is 14. The number of nitrogens with zero attached hydrogens (tertiary/aromatic N) is 2. The Morgan fingerprint density at radius 3 is 1.66 bits per heavy atom. The van der Waals surface area contributed by atoms with Crippen LogP contribution in [0.2, 0.25) is 0 Å². The second-order valence-electron chi connectivity index (χ2n) is 9.78. The molecule has 0 aliphatic heterocycles. The van der Waals surface area contributed by atoms with Gasteiger partial charge >= 0.3 is 5.97 Å². The van der Waals surface area contributed by atoms with Crippen LogP contribution in [0.5, 0.6) is 0 Å². The van der Waals surface area contributed by atoms with E-state index in [2.05, 4.69) is 30.9 Å². The van der Waals surface area contributed by atoms with Crippen LogP contribution in [0.3, 0.4) is 0 Å². The fourth-order valence-corrected chi connectivity index (χ4v) is 4.96. The molecule has 0 spiro atoms. The molecule has 0 amide bonds. The molecule has 0 aromatic heterocycles. The molecule has 6 heteroatoms. The van der Waals surface area contributed by atoms with Gasteiger partial charge in [0, 0.05) is 44.5 Å². The lowest BCUT2D eigenvalue weighted by molar-refractivity contribution is -0.536. The average molecular weight is 481 g/mol. The first-order valence-electron chi connectivity index (χ1n) is 13.1. The van der Waals surface area contributed by atoms with Crippen LogP contribution >= 0.6 is 0 Å². The maximum Gasteiger partial charge on any atom is 0.303 e. The van der Waals surface area contributed by atoms with Gasteiger partial charge in [-0.25, -0.2) is 0 Å². The minimum Gasteiger partial charge on any atom is -0.851 e. The number of carboxylic acid groups (broad SMARTS) is 1. The molecule has 2 atom stereocenters. The van der Waals surface area contributed by atoms with Crippen LogP contribution in [0.1, 0.15) is 75.3 Å². The SMILES string of the molecule is CCCCN(CCCC)c1ccc(C2C([O-])C(c3ccc(N(C)CCCC(=O)O)cc3)C2[O-])cc1. The van der Waals surface area contributed by atoms with Gasteiger partial charge in [-0.2, -0.15) is 0 Å². The van der Waals surface area contributed by atoms with E-state index in [0.717, 1.165) is 55.6 Å². The molecule has 2 aromatic carbocycles. The Morgan fingerprint density at radius 2 is 1.23 bits per heavy atom. The summed E-state index contributed by atoms with van der Waals surface area (Å²) in [6, 6.07) is 15.7. The molecular weight excluding hydrogens is 440 g/mol. The largest absolute Gasteiger partial charge is 0.851 e. The number of hydrogen-bond acceptors (Lipinski definition) is 5. The highest BCUT2D eigenvalue weighted by Crippen LogP contribution is 2.45. The third-order valence-electron chi connectivity index (χ3n) is 7.23. The topological polar surface area (TPSA) is 89.9 Å². The first-order chi connectivity index (χ1) is 16.9. The number of carbonyl (C=O) groups is 1. The van der Waals surface area contributed by atoms with E-state index in [1.54, 1.807) is 0 Å². The van der Waals surface area contributed by atoms with Gasteiger partial charge in [0.15, 0.2) is 0 Å². The molecule has 1 saturated carbocycles. The van der Waals surface area contributed by atoms with Crippen molar-refractivity contribution < 1.29 is 20.1 Å². The molecule has 0 saturated heterocycles. The number of anilines is 2. The molecule has 2 aromatic rings. The van der Waals surface area contributed by atoms with Crippen LogP contribution in [0, 0.1) is 0 Å². The molecule has 6 nitrogen and oxygen atoms in total. The van der Waals surface area contributed by atoms with E-state index in [-0.39, 0.29) is 6.42 Å². The summed E-state index contributed by atoms with van der Waals surface area (Å²) in [7, 11) is 1.92. The summed E-state index contributed by atoms with van der Waals surface area (Å²) in [4.78, 5) is 15.1. The molecule has 1 N–H and O–H groups in total. The number of hydrogen-bond donors (Lipinski definition) is 1. The van der Waals surface area contributed by atoms with E-state index in [4.69, 9.17) is 5.11 Å². The van der Waals surface area contributed by atoms with Crippen molar-refractivity contribution in [1.29, 1.82) is 0 Å². The van der Waals surface area contributed by atoms with Crippen LogP contribution in [0.15, 0.2) is 48.5 Å². The Labute approximate surface area is 210 Å². The Bertz CT molecular complexity index is 897. The molecule has 1 aliphatic carbocycles. The summed E-state index contributed by atoms with van der Waals surface area (Å²) in [6.45, 7) is 7.09. The van der Waals surface area contributed by atoms with Crippen LogP contribution in [0.4, 0.5) is 11.4 Å². The molecule has 1 aliphatic rings. The first-order valence-corrected chi connectivity index (χ1v) is 13.1. The molecular formula is C29H40N2O4-2. The van der Waals surface area contributed by atoms with E-state index in [1.165, 1.54) is 5.69 Å². The number of aliphatic carboxylic acids is 1. The van der Waals surface area contributed by atoms with Crippen LogP contribution in [-0.2, 0) is 4.79 Å². The van der Waals surface area contributed by atoms with Gasteiger partial charge in [-0.05, 0) is 66.5 Å². The van der Waals surface area contributed by atoms with Crippen molar-refractivity contribution in [3.05, 3.63) is 59.7 Å². The normalized spacial score (nSPS) is 21.4. The fraction of sp³-hybridized carbons (Fsp3) is 0.552. The van der Waals surface area contributed by atoms with Crippen molar-refractivity contribution in [1.82, 2.24) is 0 Å². The first kappa shape index (κ1) is 27.0. The summed E-state index contributed by atoms with van der Waals surface area (Å²) in [5, 5.41) is 35.0. The summed E-state index contributed by atoms with van der Waals surface area (Å²) in [5.41, 5.74) is 3.77. The Balaban J connectivity index is 1.62. The zero-order valence-corrected chi connectivity index (χ0v) is 21.4. The van der Waals surface area contributed by atoms with Gasteiger partial charge in [-0.15, -0.1) is 12.2 Å². The summed E-state index contributed by atoms with van der Waals surface area (Å²) < 4.78 is 0. The van der Waals surface area contributed by atoms with E-state index < -0.39 is 30.0 Å². The minimum absolute atomic E-state index is 0.137. The molecule has 0 bridgehead atoms. The molecule has 192 valence electrons. The average Bonchev–Trinajstić information content (AvgIpc) is 2.85. The summed E-state index contributed by atoms with van der Waals surface area (Å²) >= 11 is 0. The molecule has 3 rings (SSSR count). The van der Waals surface area contributed by atoms with E-state index in [0.29, 0.717) is 13.0 Å². The highest BCUT2D eigenvalue weighted by Gasteiger charge is 2.38. The van der Waals surface area contributed by atoms with Crippen molar-refractivity contribution >= 4 is 17.3 Å². The van der Waals surface area contributed by atoms with Gasteiger partial charge in [0.25, 0.3) is 0 Å². The summed E-state index contributed by atoms with van der Waals surface area (Å²) in [6.07, 6.45) is 3.42. The molecule has 0 heterocycles. The lowest BCUT2D eigenvalue weighted by atomic mass is 9.63. The number of unbranched alkanes of at least 4 members (excludes halogenated alkanes) is 2. The predicted octanol–water partition coefficient (Wildman–Crippen LogP) is 3.73. The predicted molar refractivity (Wildman–Crippen MR) is 138 cm³/mol. The molecule has 35 heavy (non-hydrogen) atoms. The quantitative estimate of drug-likeness (QED) is 0.443. The Morgan fingerprint density at radius 1 is 0.771 bits per heavy atom. The van der Waals surface area contributed by atoms with Crippen molar-refractivity contribution in [2.24, 2.45) is 0 Å². The van der Waals surface area contributed by atoms with Crippen molar-refractivity contribution in [2.75, 3.05) is 36.5 Å². The maximum absolute atomic E-state index is 13.1. The van der Waals surface area contributed by atoms with E-state index in [9.17, 15) is 15.0 Å². The monoisotopic (exact) mass is 480 g/mol. The lowest BCUT2D eigenvalue weighted by Crippen LogP contribution is -2.63. The van der Waals surface area contributed by atoms with E-state index in [1.807, 2.05) is 48.3 Å². The highest BCUT2D eigenvalue weighted by molar-refractivity contribution is 5.66. The third kappa shape index (κ3) is 6.77. The molecule has 0 radical (unpaired) electrons. The Kier molecular flexibility index (Phi) is 9.99. The minimum atomic E-state index is -0.946. The van der Waals surface area contributed by atoms with Crippen LogP contribution < -0.4 is 20.0 Å². The zero-order chi connectivity index (χ0) is 25.4. The highest BCUT2D eigenvalue weighted by atomic mass is 16.4. The number of benzene rings is 2. The second-order valence-corrected chi connectivity index (χ2v) is 9.78. The van der Waals surface area contributed by atoms with Crippen LogP contribution in [-0.4, -0.2) is 50.0 Å². The van der Waals surface area contributed by atoms with Gasteiger partial charge in [0.2, 0.25) is 0 Å². The van der Waals surface area contributed by atoms with Crippen molar-refractivity contribution in [2.45, 2.75) is 76.4 Å². The van der Waals surface area contributed by atoms with Crippen molar-refractivity contribution in [3.8, 4) is 0 Å². The van der Waals surface area contributed by atoms with Gasteiger partial charge in [-0.1, -0.05) is 51.0 Å². The molecule has 2 unspecified atom stereocenters. The number of carboxylic acids is 1. The Hall–Kier alpha value is -2.57. The maximum atomic E-state index is 13.1. The standard InChI is InChI=1S/C29H40N2O4/c1-4-6-19-31(20-7-5-2)24-16-12-22(13-17-24)27-28(34)26(29(27)35)21-10-14-23(15-11-21)30(3)18-8-9-25(32)33/h10-17,26-29H,4-9,18-20H2,1-3H3,(H,32,33)/q-2. The van der Waals surface area contributed by atoms with E-state index >= 15 is 0 Å². The lowest BCUT2D eigenvalue weighted by Gasteiger charge is -2.61.